The molecule has 0 aliphatic rings. The van der Waals surface area contributed by atoms with Gasteiger partial charge in [-0.3, -0.25) is 0 Å². The highest BCUT2D eigenvalue weighted by Crippen LogP contribution is 2.34. The van der Waals surface area contributed by atoms with Crippen LogP contribution in [-0.2, 0) is 0 Å². The molecule has 0 saturated carbocycles. The van der Waals surface area contributed by atoms with Crippen LogP contribution < -0.4 is 0 Å². The Balaban J connectivity index is 2.49. The summed E-state index contributed by atoms with van der Waals surface area (Å²) < 4.78 is 28.3. The van der Waals surface area contributed by atoms with Crippen LogP contribution >= 0.6 is 43.5 Å². The molecule has 0 fully saturated rings. The third kappa shape index (κ3) is 3.36. The van der Waals surface area contributed by atoms with Gasteiger partial charge in [-0.25, -0.2) is 8.78 Å². The molecule has 1 atom stereocenters. The summed E-state index contributed by atoms with van der Waals surface area (Å²) in [5, 5.41) is -0.737. The molecule has 5 heteroatoms. The third-order valence-corrected chi connectivity index (χ3v) is 4.22. The molecule has 0 nitrogen and oxygen atoms in total. The van der Waals surface area contributed by atoms with Crippen molar-refractivity contribution in [3.8, 4) is 0 Å². The van der Waals surface area contributed by atoms with E-state index < -0.39 is 17.0 Å². The van der Waals surface area contributed by atoms with Gasteiger partial charge in [-0.1, -0.05) is 22.0 Å². The standard InChI is InChI=1S/C14H9Br2ClF2/c1-7-2-8(4-9(15)3-7)14(17)10-5-13(19)11(16)6-12(10)18/h2-6,14H,1H3. The van der Waals surface area contributed by atoms with Crippen molar-refractivity contribution in [3.05, 3.63) is 67.6 Å². The molecule has 0 spiro atoms. The number of hydrogen-bond donors (Lipinski definition) is 0. The molecular formula is C14H9Br2ClF2. The van der Waals surface area contributed by atoms with Gasteiger partial charge in [-0.2, -0.15) is 0 Å². The van der Waals surface area contributed by atoms with Crippen molar-refractivity contribution in [2.75, 3.05) is 0 Å². The fourth-order valence-electron chi connectivity index (χ4n) is 1.82. The van der Waals surface area contributed by atoms with E-state index in [1.807, 2.05) is 19.1 Å². The van der Waals surface area contributed by atoms with Gasteiger partial charge in [0.1, 0.15) is 11.6 Å². The van der Waals surface area contributed by atoms with E-state index in [2.05, 4.69) is 31.9 Å². The molecule has 19 heavy (non-hydrogen) atoms. The van der Waals surface area contributed by atoms with Crippen molar-refractivity contribution in [1.82, 2.24) is 0 Å². The molecule has 2 aromatic rings. The first-order chi connectivity index (χ1) is 8.88. The van der Waals surface area contributed by atoms with Crippen molar-refractivity contribution in [3.63, 3.8) is 0 Å². The maximum Gasteiger partial charge on any atom is 0.137 e. The van der Waals surface area contributed by atoms with Gasteiger partial charge in [-0.15, -0.1) is 11.6 Å². The van der Waals surface area contributed by atoms with Gasteiger partial charge in [0.05, 0.1) is 9.85 Å². The third-order valence-electron chi connectivity index (χ3n) is 2.67. The van der Waals surface area contributed by atoms with Crippen LogP contribution in [-0.4, -0.2) is 0 Å². The van der Waals surface area contributed by atoms with Crippen LogP contribution in [0.1, 0.15) is 22.1 Å². The number of hydrogen-bond acceptors (Lipinski definition) is 0. The second-order valence-corrected chi connectivity index (χ2v) is 6.42. The van der Waals surface area contributed by atoms with E-state index in [9.17, 15) is 8.78 Å². The molecule has 0 aromatic heterocycles. The number of alkyl halides is 1. The van der Waals surface area contributed by atoms with Gasteiger partial charge in [0.25, 0.3) is 0 Å². The van der Waals surface area contributed by atoms with E-state index in [0.29, 0.717) is 5.56 Å². The molecular weight excluding hydrogens is 401 g/mol. The van der Waals surface area contributed by atoms with Crippen molar-refractivity contribution in [1.29, 1.82) is 0 Å². The Hall–Kier alpha value is -0.450. The summed E-state index contributed by atoms with van der Waals surface area (Å²) in [6.45, 7) is 1.91. The Kier molecular flexibility index (Phi) is 4.64. The smallest absolute Gasteiger partial charge is 0.137 e. The van der Waals surface area contributed by atoms with Crippen LogP contribution in [0.4, 0.5) is 8.78 Å². The minimum Gasteiger partial charge on any atom is -0.207 e. The number of halogens is 5. The molecule has 0 heterocycles. The highest BCUT2D eigenvalue weighted by molar-refractivity contribution is 9.10. The summed E-state index contributed by atoms with van der Waals surface area (Å²) in [7, 11) is 0. The largest absolute Gasteiger partial charge is 0.207 e. The lowest BCUT2D eigenvalue weighted by Gasteiger charge is -2.13. The first kappa shape index (κ1) is 14.9. The molecule has 0 aliphatic heterocycles. The van der Waals surface area contributed by atoms with Crippen LogP contribution in [0, 0.1) is 18.6 Å². The molecule has 0 bridgehead atoms. The average Bonchev–Trinajstić information content (AvgIpc) is 2.31. The second kappa shape index (κ2) is 5.90. The highest BCUT2D eigenvalue weighted by atomic mass is 79.9. The summed E-state index contributed by atoms with van der Waals surface area (Å²) >= 11 is 12.6. The topological polar surface area (TPSA) is 0 Å². The van der Waals surface area contributed by atoms with Crippen molar-refractivity contribution in [2.24, 2.45) is 0 Å². The van der Waals surface area contributed by atoms with Crippen LogP contribution in [0.5, 0.6) is 0 Å². The maximum atomic E-state index is 13.9. The molecule has 0 aliphatic carbocycles. The van der Waals surface area contributed by atoms with E-state index in [4.69, 9.17) is 11.6 Å². The average molecular weight is 410 g/mol. The monoisotopic (exact) mass is 408 g/mol. The first-order valence-electron chi connectivity index (χ1n) is 5.44. The Morgan fingerprint density at radius 3 is 2.32 bits per heavy atom. The SMILES string of the molecule is Cc1cc(Br)cc(C(Cl)c2cc(F)c(Br)cc2F)c1. The van der Waals surface area contributed by atoms with Crippen molar-refractivity contribution in [2.45, 2.75) is 12.3 Å². The fraction of sp³-hybridized carbons (Fsp3) is 0.143. The zero-order valence-corrected chi connectivity index (χ0v) is 13.8. The molecule has 100 valence electrons. The summed E-state index contributed by atoms with van der Waals surface area (Å²) in [6.07, 6.45) is 0. The lowest BCUT2D eigenvalue weighted by Crippen LogP contribution is -1.99. The summed E-state index contributed by atoms with van der Waals surface area (Å²) in [5.41, 5.74) is 1.84. The van der Waals surface area contributed by atoms with Gasteiger partial charge in [0, 0.05) is 10.0 Å². The van der Waals surface area contributed by atoms with Gasteiger partial charge < -0.3 is 0 Å². The quantitative estimate of drug-likeness (QED) is 0.413. The molecule has 0 saturated heterocycles. The maximum absolute atomic E-state index is 13.9. The Morgan fingerprint density at radius 2 is 1.68 bits per heavy atom. The van der Waals surface area contributed by atoms with Crippen molar-refractivity contribution < 1.29 is 8.78 Å². The molecule has 2 aromatic carbocycles. The predicted molar refractivity (Wildman–Crippen MR) is 80.6 cm³/mol. The van der Waals surface area contributed by atoms with Gasteiger partial charge in [-0.05, 0) is 58.2 Å². The van der Waals surface area contributed by atoms with Crippen molar-refractivity contribution >= 4 is 43.5 Å². The first-order valence-corrected chi connectivity index (χ1v) is 7.46. The summed E-state index contributed by atoms with van der Waals surface area (Å²) in [5.74, 6) is -1.07. The number of rotatable bonds is 2. The minimum absolute atomic E-state index is 0.0861. The van der Waals surface area contributed by atoms with Crippen LogP contribution in [0.25, 0.3) is 0 Å². The Bertz CT molecular complexity index is 609. The van der Waals surface area contributed by atoms with Gasteiger partial charge in [0.15, 0.2) is 0 Å². The van der Waals surface area contributed by atoms with E-state index in [-0.39, 0.29) is 10.0 Å². The van der Waals surface area contributed by atoms with Crippen LogP contribution in [0.2, 0.25) is 0 Å². The summed E-state index contributed by atoms with van der Waals surface area (Å²) in [6, 6.07) is 7.77. The van der Waals surface area contributed by atoms with Gasteiger partial charge in [0.2, 0.25) is 0 Å². The second-order valence-electron chi connectivity index (χ2n) is 4.21. The number of aryl methyl sites for hydroxylation is 1. The van der Waals surface area contributed by atoms with Crippen LogP contribution in [0.3, 0.4) is 0 Å². The highest BCUT2D eigenvalue weighted by Gasteiger charge is 2.18. The van der Waals surface area contributed by atoms with Crippen LogP contribution in [0.15, 0.2) is 39.3 Å². The number of benzene rings is 2. The van der Waals surface area contributed by atoms with E-state index >= 15 is 0 Å². The van der Waals surface area contributed by atoms with E-state index in [1.165, 1.54) is 0 Å². The normalized spacial score (nSPS) is 12.5. The Labute approximate surface area is 132 Å². The molecule has 1 unspecified atom stereocenters. The van der Waals surface area contributed by atoms with E-state index in [1.54, 1.807) is 6.07 Å². The molecule has 0 amide bonds. The molecule has 0 N–H and O–H groups in total. The zero-order chi connectivity index (χ0) is 14.2. The zero-order valence-electron chi connectivity index (χ0n) is 9.85. The fourth-order valence-corrected chi connectivity index (χ4v) is 3.06. The lowest BCUT2D eigenvalue weighted by atomic mass is 10.0. The van der Waals surface area contributed by atoms with Gasteiger partial charge >= 0.3 is 0 Å². The molecule has 2 rings (SSSR count). The predicted octanol–water partition coefficient (Wildman–Crippen LogP) is 6.13. The van der Waals surface area contributed by atoms with E-state index in [0.717, 1.165) is 22.2 Å². The lowest BCUT2D eigenvalue weighted by molar-refractivity contribution is 0.582. The summed E-state index contributed by atoms with van der Waals surface area (Å²) in [4.78, 5) is 0. The molecule has 0 radical (unpaired) electrons. The minimum atomic E-state index is -0.737. The Morgan fingerprint density at radius 1 is 1.00 bits per heavy atom.